The molecular formula is C26H36N9+. The second-order valence-electron chi connectivity index (χ2n) is 9.37. The smallest absolute Gasteiger partial charge is 0.132 e. The van der Waals surface area contributed by atoms with Gasteiger partial charge in [-0.15, -0.1) is 0 Å². The minimum Gasteiger partial charge on any atom is -0.370 e. The van der Waals surface area contributed by atoms with Crippen molar-refractivity contribution >= 4 is 28.6 Å². The number of hydrazine groups is 1. The van der Waals surface area contributed by atoms with Crippen molar-refractivity contribution in [1.29, 1.82) is 5.41 Å². The highest BCUT2D eigenvalue weighted by molar-refractivity contribution is 6.08. The van der Waals surface area contributed by atoms with E-state index in [9.17, 15) is 0 Å². The lowest BCUT2D eigenvalue weighted by Gasteiger charge is -2.25. The summed E-state index contributed by atoms with van der Waals surface area (Å²) in [5, 5.41) is 13.5. The Balaban J connectivity index is 1.24. The van der Waals surface area contributed by atoms with E-state index in [1.54, 1.807) is 0 Å². The number of likely N-dealkylation sites (tertiary alicyclic amines) is 2. The summed E-state index contributed by atoms with van der Waals surface area (Å²) in [7, 11) is 0. The monoisotopic (exact) mass is 474 g/mol. The average Bonchev–Trinajstić information content (AvgIpc) is 3.61. The molecule has 0 aliphatic carbocycles. The van der Waals surface area contributed by atoms with Gasteiger partial charge in [0.05, 0.1) is 28.8 Å². The number of aromatic nitrogens is 2. The van der Waals surface area contributed by atoms with Crippen molar-refractivity contribution < 1.29 is 5.32 Å². The summed E-state index contributed by atoms with van der Waals surface area (Å²) >= 11 is 0. The summed E-state index contributed by atoms with van der Waals surface area (Å²) in [5.74, 6) is 1.60. The Morgan fingerprint density at radius 1 is 1.11 bits per heavy atom. The molecule has 5 rings (SSSR count). The number of quaternary nitrogens is 1. The molecule has 0 atom stereocenters. The van der Waals surface area contributed by atoms with Crippen molar-refractivity contribution in [3.63, 3.8) is 0 Å². The summed E-state index contributed by atoms with van der Waals surface area (Å²) in [6.45, 7) is 6.86. The summed E-state index contributed by atoms with van der Waals surface area (Å²) < 4.78 is 0. The molecule has 0 radical (unpaired) electrons. The van der Waals surface area contributed by atoms with E-state index in [4.69, 9.17) is 10.4 Å². The molecule has 0 aromatic carbocycles. The van der Waals surface area contributed by atoms with E-state index < -0.39 is 0 Å². The molecule has 9 nitrogen and oxygen atoms in total. The lowest BCUT2D eigenvalue weighted by molar-refractivity contribution is -0.587. The maximum absolute atomic E-state index is 7.91. The van der Waals surface area contributed by atoms with Gasteiger partial charge < -0.3 is 31.3 Å². The zero-order valence-electron chi connectivity index (χ0n) is 20.3. The van der Waals surface area contributed by atoms with Crippen molar-refractivity contribution in [1.82, 2.24) is 30.6 Å². The van der Waals surface area contributed by atoms with E-state index in [2.05, 4.69) is 42.3 Å². The van der Waals surface area contributed by atoms with Gasteiger partial charge in [-0.1, -0.05) is 0 Å². The van der Waals surface area contributed by atoms with Crippen LogP contribution in [0.2, 0.25) is 0 Å². The minimum absolute atomic E-state index is 0.744. The van der Waals surface area contributed by atoms with Crippen LogP contribution in [-0.2, 0) is 0 Å². The van der Waals surface area contributed by atoms with Crippen molar-refractivity contribution in [2.24, 2.45) is 0 Å². The highest BCUT2D eigenvalue weighted by Gasteiger charge is 2.16. The average molecular weight is 475 g/mol. The Labute approximate surface area is 206 Å². The molecule has 2 saturated heterocycles. The molecule has 2 aromatic rings. The number of allylic oxidation sites excluding steroid dienone is 2. The van der Waals surface area contributed by atoms with Crippen LogP contribution >= 0.6 is 0 Å². The van der Waals surface area contributed by atoms with Gasteiger partial charge in [-0.2, -0.15) is 0 Å². The van der Waals surface area contributed by atoms with Gasteiger partial charge in [0.15, 0.2) is 0 Å². The molecule has 0 amide bonds. The van der Waals surface area contributed by atoms with Crippen LogP contribution in [0.25, 0.3) is 16.6 Å². The molecule has 0 bridgehead atoms. The van der Waals surface area contributed by atoms with Crippen molar-refractivity contribution in [3.8, 4) is 0 Å². The van der Waals surface area contributed by atoms with Crippen LogP contribution in [0, 0.1) is 5.41 Å². The number of anilines is 1. The Bertz CT molecular complexity index is 1120. The van der Waals surface area contributed by atoms with Crippen molar-refractivity contribution in [3.05, 3.63) is 60.0 Å². The lowest BCUT2D eigenvalue weighted by Crippen LogP contribution is -2.78. The predicted octanol–water partition coefficient (Wildman–Crippen LogP) is 1.97. The minimum atomic E-state index is 0.744. The van der Waals surface area contributed by atoms with Crippen LogP contribution in [0.15, 0.2) is 54.4 Å². The number of hydrogen-bond acceptors (Lipinski definition) is 8. The molecule has 0 saturated carbocycles. The fourth-order valence-corrected chi connectivity index (χ4v) is 4.89. The Kier molecular flexibility index (Phi) is 7.55. The molecule has 3 aliphatic rings. The predicted molar refractivity (Wildman–Crippen MR) is 140 cm³/mol. The van der Waals surface area contributed by atoms with Crippen molar-refractivity contribution in [2.45, 2.75) is 32.1 Å². The largest absolute Gasteiger partial charge is 0.370 e. The third-order valence-electron chi connectivity index (χ3n) is 6.82. The summed E-state index contributed by atoms with van der Waals surface area (Å²) in [6, 6.07) is 5.92. The highest BCUT2D eigenvalue weighted by Crippen LogP contribution is 2.21. The van der Waals surface area contributed by atoms with Gasteiger partial charge in [-0.25, -0.2) is 4.98 Å². The number of fused-ring (bicyclic) bond motifs is 1. The molecule has 2 aromatic heterocycles. The van der Waals surface area contributed by atoms with Crippen LogP contribution in [0.5, 0.6) is 0 Å². The van der Waals surface area contributed by atoms with E-state index >= 15 is 0 Å². The van der Waals surface area contributed by atoms with Crippen molar-refractivity contribution in [2.75, 3.05) is 44.6 Å². The molecule has 9 heteroatoms. The fraction of sp³-hybridized carbons (Fsp3) is 0.423. The fourth-order valence-electron chi connectivity index (χ4n) is 4.89. The molecule has 0 spiro atoms. The van der Waals surface area contributed by atoms with Crippen LogP contribution in [0.3, 0.4) is 0 Å². The first kappa shape index (κ1) is 23.3. The number of rotatable bonds is 10. The van der Waals surface area contributed by atoms with Gasteiger partial charge in [0.1, 0.15) is 17.8 Å². The van der Waals surface area contributed by atoms with Crippen LogP contribution in [-0.4, -0.2) is 65.3 Å². The molecule has 5 heterocycles. The molecule has 3 aliphatic heterocycles. The summed E-state index contributed by atoms with van der Waals surface area (Å²) in [5.41, 5.74) is 10.8. The maximum atomic E-state index is 7.91. The topological polar surface area (TPSA) is 109 Å². The van der Waals surface area contributed by atoms with Gasteiger partial charge >= 0.3 is 0 Å². The summed E-state index contributed by atoms with van der Waals surface area (Å²) in [6.07, 6.45) is 15.7. The van der Waals surface area contributed by atoms with Gasteiger partial charge in [0.25, 0.3) is 0 Å². The molecular weight excluding hydrogens is 438 g/mol. The quantitative estimate of drug-likeness (QED) is 0.265. The van der Waals surface area contributed by atoms with Gasteiger partial charge in [0, 0.05) is 56.3 Å². The zero-order valence-corrected chi connectivity index (χ0v) is 20.3. The number of nitrogens with one attached hydrogen (secondary N) is 4. The molecule has 184 valence electrons. The number of pyridine rings is 2. The van der Waals surface area contributed by atoms with Gasteiger partial charge in [-0.3, -0.25) is 10.4 Å². The van der Waals surface area contributed by atoms with E-state index in [-0.39, 0.29) is 0 Å². The Morgan fingerprint density at radius 3 is 2.77 bits per heavy atom. The van der Waals surface area contributed by atoms with Crippen LogP contribution in [0.4, 0.5) is 5.82 Å². The maximum Gasteiger partial charge on any atom is 0.132 e. The number of hydrogen-bond donors (Lipinski definition) is 5. The standard InChI is InChI=1S/C26H35N9/c27-16-21(17-28-8-5-11-34-9-1-2-10-34)20-14-24-23(29-18-20)6-7-25(31-24)32-26-15-22(19-30-33-26)35-12-3-4-13-35/h6-7,14-19,27-28,30,33H,1-5,8-13H2,(H,31,32)/p+1/b21-17+,27-16?. The van der Waals surface area contributed by atoms with E-state index in [0.29, 0.717) is 0 Å². The van der Waals surface area contributed by atoms with Crippen LogP contribution < -0.4 is 21.5 Å². The second-order valence-corrected chi connectivity index (χ2v) is 9.37. The zero-order chi connectivity index (χ0) is 23.9. The first-order valence-electron chi connectivity index (χ1n) is 12.8. The molecule has 35 heavy (non-hydrogen) atoms. The number of nitrogens with zero attached hydrogens (tertiary/aromatic N) is 4. The second kappa shape index (κ2) is 11.3. The van der Waals surface area contributed by atoms with E-state index in [1.807, 2.05) is 36.8 Å². The Hall–Kier alpha value is -3.43. The highest BCUT2D eigenvalue weighted by atomic mass is 15.4. The van der Waals surface area contributed by atoms with E-state index in [1.165, 1.54) is 50.7 Å². The first-order valence-corrected chi connectivity index (χ1v) is 12.8. The third-order valence-corrected chi connectivity index (χ3v) is 6.82. The lowest BCUT2D eigenvalue weighted by atomic mass is 10.1. The third kappa shape index (κ3) is 5.98. The summed E-state index contributed by atoms with van der Waals surface area (Å²) in [4.78, 5) is 14.3. The molecule has 6 N–H and O–H groups in total. The SMILES string of the molecule is N=C/C(=C\[NH2+]CCCN1CCCC1)c1cnc2ccc(NC3=CC(N4CCCC4)=CNN3)nc2c1. The first-order chi connectivity index (χ1) is 17.3. The van der Waals surface area contributed by atoms with Gasteiger partial charge in [0.2, 0.25) is 0 Å². The van der Waals surface area contributed by atoms with E-state index in [0.717, 1.165) is 66.4 Å². The molecule has 0 unspecified atom stereocenters. The van der Waals surface area contributed by atoms with Crippen LogP contribution in [0.1, 0.15) is 37.7 Å². The number of nitrogens with two attached hydrogens (primary N) is 1. The van der Waals surface area contributed by atoms with Gasteiger partial charge in [-0.05, 0) is 57.0 Å². The molecule has 2 fully saturated rings. The Morgan fingerprint density at radius 2 is 1.94 bits per heavy atom. The normalized spacial score (nSPS) is 18.7.